The molecule has 0 aromatic carbocycles. The molecular weight excluding hydrogens is 214 g/mol. The number of hydrogen-bond donors (Lipinski definition) is 2. The van der Waals surface area contributed by atoms with E-state index in [9.17, 15) is 9.59 Å². The van der Waals surface area contributed by atoms with E-state index >= 15 is 0 Å². The number of carbonyl (C=O) groups excluding carboxylic acids is 2. The fourth-order valence-electron chi connectivity index (χ4n) is 0.869. The molecule has 0 saturated carbocycles. The SMILES string of the molecule is N#CCNC(=O)C(=O)NCCc1ncno1. The van der Waals surface area contributed by atoms with Gasteiger partial charge in [0.15, 0.2) is 6.33 Å². The van der Waals surface area contributed by atoms with Crippen molar-refractivity contribution in [2.45, 2.75) is 6.42 Å². The molecule has 16 heavy (non-hydrogen) atoms. The van der Waals surface area contributed by atoms with Crippen molar-refractivity contribution in [2.24, 2.45) is 0 Å². The predicted octanol–water partition coefficient (Wildman–Crippen LogP) is -1.63. The number of rotatable bonds is 4. The Hall–Kier alpha value is -2.43. The van der Waals surface area contributed by atoms with Crippen molar-refractivity contribution in [1.29, 1.82) is 5.26 Å². The van der Waals surface area contributed by atoms with Gasteiger partial charge in [-0.25, -0.2) is 0 Å². The summed E-state index contributed by atoms with van der Waals surface area (Å²) in [5, 5.41) is 16.0. The van der Waals surface area contributed by atoms with Crippen LogP contribution in [0.5, 0.6) is 0 Å². The van der Waals surface area contributed by atoms with Gasteiger partial charge >= 0.3 is 11.8 Å². The highest BCUT2D eigenvalue weighted by atomic mass is 16.5. The van der Waals surface area contributed by atoms with E-state index in [1.165, 1.54) is 6.33 Å². The first kappa shape index (κ1) is 11.6. The summed E-state index contributed by atoms with van der Waals surface area (Å²) in [5.41, 5.74) is 0. The highest BCUT2D eigenvalue weighted by molar-refractivity contribution is 6.35. The van der Waals surface area contributed by atoms with Gasteiger partial charge in [0.05, 0.1) is 6.07 Å². The molecule has 1 rings (SSSR count). The molecule has 8 nitrogen and oxygen atoms in total. The number of nitrogens with one attached hydrogen (secondary N) is 2. The minimum atomic E-state index is -0.841. The second-order valence-corrected chi connectivity index (χ2v) is 2.68. The molecule has 0 fully saturated rings. The van der Waals surface area contributed by atoms with E-state index in [-0.39, 0.29) is 13.1 Å². The van der Waals surface area contributed by atoms with E-state index in [1.807, 2.05) is 0 Å². The molecule has 1 aromatic heterocycles. The molecule has 2 N–H and O–H groups in total. The van der Waals surface area contributed by atoms with E-state index in [0.717, 1.165) is 0 Å². The lowest BCUT2D eigenvalue weighted by atomic mass is 10.4. The minimum Gasteiger partial charge on any atom is -0.347 e. The van der Waals surface area contributed by atoms with Gasteiger partial charge in [0, 0.05) is 13.0 Å². The molecule has 1 heterocycles. The van der Waals surface area contributed by atoms with E-state index in [0.29, 0.717) is 12.3 Å². The molecule has 8 heteroatoms. The van der Waals surface area contributed by atoms with Crippen molar-refractivity contribution in [3.8, 4) is 6.07 Å². The Morgan fingerprint density at radius 3 is 2.81 bits per heavy atom. The lowest BCUT2D eigenvalue weighted by molar-refractivity contribution is -0.139. The zero-order chi connectivity index (χ0) is 11.8. The molecule has 84 valence electrons. The van der Waals surface area contributed by atoms with Crippen LogP contribution in [0.4, 0.5) is 0 Å². The van der Waals surface area contributed by atoms with Gasteiger partial charge in [0.2, 0.25) is 5.89 Å². The van der Waals surface area contributed by atoms with Crippen LogP contribution in [0, 0.1) is 11.3 Å². The third kappa shape index (κ3) is 3.75. The number of hydrogen-bond acceptors (Lipinski definition) is 6. The number of nitrogens with zero attached hydrogens (tertiary/aromatic N) is 3. The first-order chi connectivity index (χ1) is 7.74. The predicted molar refractivity (Wildman–Crippen MR) is 49.6 cm³/mol. The lowest BCUT2D eigenvalue weighted by Crippen LogP contribution is -2.40. The van der Waals surface area contributed by atoms with Crippen molar-refractivity contribution in [3.05, 3.63) is 12.2 Å². The molecule has 0 saturated heterocycles. The van der Waals surface area contributed by atoms with Crippen LogP contribution in [0.3, 0.4) is 0 Å². The Kier molecular flexibility index (Phi) is 4.46. The summed E-state index contributed by atoms with van der Waals surface area (Å²) in [7, 11) is 0. The largest absolute Gasteiger partial charge is 0.347 e. The average Bonchev–Trinajstić information content (AvgIpc) is 2.78. The summed E-state index contributed by atoms with van der Waals surface area (Å²) < 4.78 is 4.68. The summed E-state index contributed by atoms with van der Waals surface area (Å²) in [4.78, 5) is 25.8. The molecule has 0 radical (unpaired) electrons. The van der Waals surface area contributed by atoms with Crippen LogP contribution in [-0.4, -0.2) is 35.0 Å². The van der Waals surface area contributed by atoms with Crippen molar-refractivity contribution in [3.63, 3.8) is 0 Å². The molecule has 0 unspecified atom stereocenters. The average molecular weight is 223 g/mol. The normalized spacial score (nSPS) is 9.19. The number of aromatic nitrogens is 2. The minimum absolute atomic E-state index is 0.198. The second kappa shape index (κ2) is 6.13. The van der Waals surface area contributed by atoms with E-state index in [4.69, 9.17) is 5.26 Å². The van der Waals surface area contributed by atoms with Gasteiger partial charge < -0.3 is 15.2 Å². The lowest BCUT2D eigenvalue weighted by Gasteiger charge is -2.01. The highest BCUT2D eigenvalue weighted by Crippen LogP contribution is 1.90. The van der Waals surface area contributed by atoms with E-state index in [2.05, 4.69) is 25.3 Å². The zero-order valence-electron chi connectivity index (χ0n) is 8.27. The Bertz CT molecular complexity index is 394. The van der Waals surface area contributed by atoms with Gasteiger partial charge in [0.25, 0.3) is 0 Å². The molecule has 2 amide bonds. The van der Waals surface area contributed by atoms with Gasteiger partial charge in [-0.2, -0.15) is 10.2 Å². The molecule has 0 spiro atoms. The zero-order valence-corrected chi connectivity index (χ0v) is 8.27. The molecule has 1 aromatic rings. The van der Waals surface area contributed by atoms with Crippen LogP contribution < -0.4 is 10.6 Å². The van der Waals surface area contributed by atoms with Crippen LogP contribution in [0.2, 0.25) is 0 Å². The van der Waals surface area contributed by atoms with Gasteiger partial charge in [0.1, 0.15) is 6.54 Å². The maximum absolute atomic E-state index is 11.1. The highest BCUT2D eigenvalue weighted by Gasteiger charge is 2.11. The van der Waals surface area contributed by atoms with Crippen molar-refractivity contribution < 1.29 is 14.1 Å². The van der Waals surface area contributed by atoms with Gasteiger partial charge in [-0.15, -0.1) is 0 Å². The van der Waals surface area contributed by atoms with Crippen molar-refractivity contribution >= 4 is 11.8 Å². The fourth-order valence-corrected chi connectivity index (χ4v) is 0.869. The third-order valence-electron chi connectivity index (χ3n) is 1.57. The number of amides is 2. The van der Waals surface area contributed by atoms with Gasteiger partial charge in [-0.1, -0.05) is 5.16 Å². The number of nitriles is 1. The van der Waals surface area contributed by atoms with Crippen LogP contribution in [0.25, 0.3) is 0 Å². The molecule has 0 aliphatic rings. The summed E-state index contributed by atoms with van der Waals surface area (Å²) >= 11 is 0. The smallest absolute Gasteiger partial charge is 0.310 e. The van der Waals surface area contributed by atoms with Gasteiger partial charge in [-0.05, 0) is 0 Å². The van der Waals surface area contributed by atoms with Gasteiger partial charge in [-0.3, -0.25) is 9.59 Å². The number of carbonyl (C=O) groups is 2. The Labute approximate surface area is 90.6 Å². The maximum Gasteiger partial charge on any atom is 0.310 e. The van der Waals surface area contributed by atoms with Crippen molar-refractivity contribution in [1.82, 2.24) is 20.8 Å². The summed E-state index contributed by atoms with van der Waals surface area (Å²) in [6.07, 6.45) is 1.59. The Morgan fingerprint density at radius 2 is 2.19 bits per heavy atom. The fraction of sp³-hybridized carbons (Fsp3) is 0.375. The summed E-state index contributed by atoms with van der Waals surface area (Å²) in [5.74, 6) is -1.26. The van der Waals surface area contributed by atoms with Crippen LogP contribution >= 0.6 is 0 Å². The molecule has 0 aliphatic carbocycles. The van der Waals surface area contributed by atoms with Crippen LogP contribution in [0.15, 0.2) is 10.9 Å². The van der Waals surface area contributed by atoms with Crippen LogP contribution in [0.1, 0.15) is 5.89 Å². The summed E-state index contributed by atoms with van der Waals surface area (Å²) in [6, 6.07) is 1.69. The third-order valence-corrected chi connectivity index (χ3v) is 1.57. The van der Waals surface area contributed by atoms with E-state index in [1.54, 1.807) is 6.07 Å². The molecule has 0 bridgehead atoms. The van der Waals surface area contributed by atoms with Crippen molar-refractivity contribution in [2.75, 3.05) is 13.1 Å². The molecule has 0 aliphatic heterocycles. The quantitative estimate of drug-likeness (QED) is 0.466. The monoisotopic (exact) mass is 223 g/mol. The first-order valence-electron chi connectivity index (χ1n) is 4.42. The Morgan fingerprint density at radius 1 is 1.44 bits per heavy atom. The first-order valence-corrected chi connectivity index (χ1v) is 4.42. The molecule has 0 atom stereocenters. The summed E-state index contributed by atoms with van der Waals surface area (Å²) in [6.45, 7) is 0.0108. The maximum atomic E-state index is 11.1. The van der Waals surface area contributed by atoms with E-state index < -0.39 is 11.8 Å². The van der Waals surface area contributed by atoms with Crippen LogP contribution in [-0.2, 0) is 16.0 Å². The molecular formula is C8H9N5O3. The Balaban J connectivity index is 2.20. The standard InChI is InChI=1S/C8H9N5O3/c9-2-4-11-8(15)7(14)10-3-1-6-12-5-13-16-6/h5H,1,3-4H2,(H,10,14)(H,11,15). The second-order valence-electron chi connectivity index (χ2n) is 2.68. The topological polar surface area (TPSA) is 121 Å².